The van der Waals surface area contributed by atoms with Gasteiger partial charge in [-0.2, -0.15) is 0 Å². The second kappa shape index (κ2) is 5.20. The Hall–Kier alpha value is -1.20. The molecule has 1 fully saturated rings. The molecule has 0 aromatic carbocycles. The predicted molar refractivity (Wildman–Crippen MR) is 77.1 cm³/mol. The lowest BCUT2D eigenvalue weighted by atomic mass is 10.1. The first-order chi connectivity index (χ1) is 8.52. The van der Waals surface area contributed by atoms with E-state index in [1.807, 2.05) is 20.0 Å². The fourth-order valence-corrected chi connectivity index (χ4v) is 2.75. The van der Waals surface area contributed by atoms with E-state index in [1.165, 1.54) is 0 Å². The second-order valence-corrected chi connectivity index (χ2v) is 5.17. The molecule has 2 atom stereocenters. The summed E-state index contributed by atoms with van der Waals surface area (Å²) in [5.74, 6) is 0.852. The van der Waals surface area contributed by atoms with Crippen molar-refractivity contribution >= 4 is 23.0 Å². The van der Waals surface area contributed by atoms with Crippen molar-refractivity contribution < 1.29 is 4.74 Å². The van der Waals surface area contributed by atoms with Gasteiger partial charge in [0.05, 0.1) is 17.7 Å². The number of likely N-dealkylation sites (N-methyl/N-ethyl adjacent to an activating group) is 1. The number of nitrogens with two attached hydrogens (primary N) is 1. The minimum atomic E-state index is 0.205. The molecule has 2 rings (SSSR count). The van der Waals surface area contributed by atoms with Crippen molar-refractivity contribution in [2.75, 3.05) is 18.6 Å². The Morgan fingerprint density at radius 1 is 1.61 bits per heavy atom. The van der Waals surface area contributed by atoms with Crippen LogP contribution in [0.4, 0.5) is 5.82 Å². The molecule has 0 saturated carbocycles. The molecular weight excluding hydrogens is 246 g/mol. The van der Waals surface area contributed by atoms with Crippen LogP contribution in [-0.2, 0) is 4.74 Å². The second-order valence-electron chi connectivity index (χ2n) is 4.73. The first-order valence-electron chi connectivity index (χ1n) is 6.12. The highest BCUT2D eigenvalue weighted by Gasteiger charge is 2.30. The van der Waals surface area contributed by atoms with Gasteiger partial charge in [-0.3, -0.25) is 0 Å². The monoisotopic (exact) mass is 265 g/mol. The molecule has 18 heavy (non-hydrogen) atoms. The Morgan fingerprint density at radius 2 is 2.33 bits per heavy atom. The third-order valence-corrected chi connectivity index (χ3v) is 3.76. The van der Waals surface area contributed by atoms with Crippen LogP contribution in [0.25, 0.3) is 0 Å². The molecule has 2 N–H and O–H groups in total. The third kappa shape index (κ3) is 2.33. The highest BCUT2D eigenvalue weighted by molar-refractivity contribution is 7.80. The quantitative estimate of drug-likeness (QED) is 0.842. The van der Waals surface area contributed by atoms with Crippen LogP contribution in [0, 0.1) is 6.92 Å². The zero-order valence-electron chi connectivity index (χ0n) is 11.0. The maximum Gasteiger partial charge on any atom is 0.139 e. The fraction of sp³-hybridized carbons (Fsp3) is 0.538. The number of thiocarbonyl (C=S) groups is 1. The van der Waals surface area contributed by atoms with E-state index in [1.54, 1.807) is 6.20 Å². The van der Waals surface area contributed by atoms with Crippen molar-refractivity contribution in [3.63, 3.8) is 0 Å². The number of aryl methyl sites for hydroxylation is 1. The lowest BCUT2D eigenvalue weighted by Crippen LogP contribution is -2.38. The summed E-state index contributed by atoms with van der Waals surface area (Å²) in [5.41, 5.74) is 7.75. The van der Waals surface area contributed by atoms with Crippen molar-refractivity contribution in [3.8, 4) is 0 Å². The zero-order valence-corrected chi connectivity index (χ0v) is 11.8. The Labute approximate surface area is 113 Å². The number of anilines is 1. The molecular formula is C13H19N3OS. The summed E-state index contributed by atoms with van der Waals surface area (Å²) < 4.78 is 5.61. The number of nitrogens with zero attached hydrogens (tertiary/aromatic N) is 2. The van der Waals surface area contributed by atoms with Gasteiger partial charge in [-0.05, 0) is 31.9 Å². The first-order valence-corrected chi connectivity index (χ1v) is 6.53. The van der Waals surface area contributed by atoms with Crippen molar-refractivity contribution in [2.24, 2.45) is 5.73 Å². The number of ether oxygens (including phenoxy) is 1. The smallest absolute Gasteiger partial charge is 0.139 e. The van der Waals surface area contributed by atoms with Gasteiger partial charge in [0.1, 0.15) is 10.8 Å². The van der Waals surface area contributed by atoms with Crippen LogP contribution < -0.4 is 10.6 Å². The van der Waals surface area contributed by atoms with Crippen LogP contribution in [0.1, 0.15) is 24.5 Å². The molecule has 0 amide bonds. The Balaban J connectivity index is 2.38. The maximum absolute atomic E-state index is 5.82. The standard InChI is InChI=1S/C13H19N3OS/c1-8-4-6-15-13(11(8)12(14)18)16(3)10-5-7-17-9(10)2/h4,6,9-10H,5,7H2,1-3H3,(H2,14,18). The van der Waals surface area contributed by atoms with Crippen LogP contribution >= 0.6 is 12.2 Å². The molecule has 1 aromatic heterocycles. The largest absolute Gasteiger partial charge is 0.389 e. The molecule has 98 valence electrons. The van der Waals surface area contributed by atoms with E-state index < -0.39 is 0 Å². The average Bonchev–Trinajstić information content (AvgIpc) is 2.73. The van der Waals surface area contributed by atoms with Gasteiger partial charge in [-0.15, -0.1) is 0 Å². The minimum Gasteiger partial charge on any atom is -0.389 e. The molecule has 4 nitrogen and oxygen atoms in total. The van der Waals surface area contributed by atoms with Crippen LogP contribution in [-0.4, -0.2) is 35.8 Å². The van der Waals surface area contributed by atoms with Crippen molar-refractivity contribution in [1.29, 1.82) is 0 Å². The van der Waals surface area contributed by atoms with Gasteiger partial charge >= 0.3 is 0 Å². The summed E-state index contributed by atoms with van der Waals surface area (Å²) in [5, 5.41) is 0. The number of aromatic nitrogens is 1. The molecule has 1 aliphatic heterocycles. The molecule has 2 heterocycles. The summed E-state index contributed by atoms with van der Waals surface area (Å²) >= 11 is 5.14. The van der Waals surface area contributed by atoms with Crippen LogP contribution in [0.3, 0.4) is 0 Å². The maximum atomic E-state index is 5.82. The van der Waals surface area contributed by atoms with Crippen molar-refractivity contribution in [1.82, 2.24) is 4.98 Å². The Morgan fingerprint density at radius 3 is 2.89 bits per heavy atom. The van der Waals surface area contributed by atoms with Gasteiger partial charge in [-0.25, -0.2) is 4.98 Å². The summed E-state index contributed by atoms with van der Waals surface area (Å²) in [6, 6.07) is 2.26. The molecule has 0 aliphatic carbocycles. The van der Waals surface area contributed by atoms with Gasteiger partial charge in [-0.1, -0.05) is 12.2 Å². The van der Waals surface area contributed by atoms with E-state index in [-0.39, 0.29) is 6.10 Å². The van der Waals surface area contributed by atoms with E-state index in [2.05, 4.69) is 16.8 Å². The Kier molecular flexibility index (Phi) is 3.82. The van der Waals surface area contributed by atoms with Crippen molar-refractivity contribution in [2.45, 2.75) is 32.4 Å². The van der Waals surface area contributed by atoms with Gasteiger partial charge in [0.2, 0.25) is 0 Å². The number of rotatable bonds is 3. The minimum absolute atomic E-state index is 0.205. The molecule has 1 saturated heterocycles. The highest BCUT2D eigenvalue weighted by atomic mass is 32.1. The summed E-state index contributed by atoms with van der Waals surface area (Å²) in [6.45, 7) is 4.89. The molecule has 0 radical (unpaired) electrons. The van der Waals surface area contributed by atoms with E-state index in [9.17, 15) is 0 Å². The van der Waals surface area contributed by atoms with E-state index in [0.717, 1.165) is 30.0 Å². The highest BCUT2D eigenvalue weighted by Crippen LogP contribution is 2.26. The summed E-state index contributed by atoms with van der Waals surface area (Å²) in [4.78, 5) is 6.98. The predicted octanol–water partition coefficient (Wildman–Crippen LogP) is 1.64. The number of pyridine rings is 1. The molecule has 1 aliphatic rings. The summed E-state index contributed by atoms with van der Waals surface area (Å²) in [7, 11) is 2.03. The normalized spacial score (nSPS) is 23.1. The third-order valence-electron chi connectivity index (χ3n) is 3.55. The molecule has 0 bridgehead atoms. The first kappa shape index (κ1) is 13.2. The van der Waals surface area contributed by atoms with Crippen LogP contribution in [0.5, 0.6) is 0 Å². The van der Waals surface area contributed by atoms with E-state index in [0.29, 0.717) is 11.0 Å². The van der Waals surface area contributed by atoms with Gasteiger partial charge in [0, 0.05) is 19.9 Å². The SMILES string of the molecule is Cc1ccnc(N(C)C2CCOC2C)c1C(N)=S. The lowest BCUT2D eigenvalue weighted by molar-refractivity contribution is 0.118. The lowest BCUT2D eigenvalue weighted by Gasteiger charge is -2.29. The molecule has 2 unspecified atom stereocenters. The van der Waals surface area contributed by atoms with Gasteiger partial charge in [0.25, 0.3) is 0 Å². The van der Waals surface area contributed by atoms with E-state index in [4.69, 9.17) is 22.7 Å². The molecule has 5 heteroatoms. The number of hydrogen-bond acceptors (Lipinski definition) is 4. The summed E-state index contributed by atoms with van der Waals surface area (Å²) in [6.07, 6.45) is 3.00. The number of hydrogen-bond donors (Lipinski definition) is 1. The van der Waals surface area contributed by atoms with Gasteiger partial charge in [0.15, 0.2) is 0 Å². The van der Waals surface area contributed by atoms with Crippen LogP contribution in [0.2, 0.25) is 0 Å². The molecule has 0 spiro atoms. The van der Waals surface area contributed by atoms with Gasteiger partial charge < -0.3 is 15.4 Å². The Bertz CT molecular complexity index is 464. The average molecular weight is 265 g/mol. The van der Waals surface area contributed by atoms with Crippen LogP contribution in [0.15, 0.2) is 12.3 Å². The van der Waals surface area contributed by atoms with E-state index >= 15 is 0 Å². The van der Waals surface area contributed by atoms with Crippen molar-refractivity contribution in [3.05, 3.63) is 23.4 Å². The zero-order chi connectivity index (χ0) is 13.3. The topological polar surface area (TPSA) is 51.4 Å². The molecule has 1 aromatic rings. The fourth-order valence-electron chi connectivity index (χ4n) is 2.50.